The number of thioether (sulfide) groups is 1. The maximum Gasteiger partial charge on any atom is 0.138 e. The maximum absolute atomic E-state index is 5.74. The Balaban J connectivity index is 2.12. The van der Waals surface area contributed by atoms with E-state index in [4.69, 9.17) is 10.5 Å². The number of benzene rings is 1. The average Bonchev–Trinajstić information content (AvgIpc) is 2.85. The van der Waals surface area contributed by atoms with Crippen molar-refractivity contribution in [3.8, 4) is 5.75 Å². The number of rotatable bonds is 5. The first-order chi connectivity index (χ1) is 9.11. The number of nitrogens with two attached hydrogens (primary N) is 1. The molecule has 102 valence electrons. The third-order valence-corrected chi connectivity index (χ3v) is 3.73. The minimum Gasteiger partial charge on any atom is -0.496 e. The molecule has 0 bridgehead atoms. The molecule has 0 unspecified atom stereocenters. The van der Waals surface area contributed by atoms with E-state index in [2.05, 4.69) is 23.9 Å². The van der Waals surface area contributed by atoms with Crippen LogP contribution in [0.4, 0.5) is 5.69 Å². The first-order valence-electron chi connectivity index (χ1n) is 6.06. The standard InChI is InChI=1S/C13H18N4OS/c1-9(2)17-13(15-8-16-17)7-19-12-5-4-10(14)6-11(12)18-3/h4-6,8-9H,7,14H2,1-3H3. The summed E-state index contributed by atoms with van der Waals surface area (Å²) in [5, 5.41) is 4.23. The van der Waals surface area contributed by atoms with Gasteiger partial charge in [-0.05, 0) is 26.0 Å². The van der Waals surface area contributed by atoms with Crippen molar-refractivity contribution in [2.75, 3.05) is 12.8 Å². The van der Waals surface area contributed by atoms with Crippen LogP contribution in [0.1, 0.15) is 25.7 Å². The van der Waals surface area contributed by atoms with Gasteiger partial charge in [-0.25, -0.2) is 9.67 Å². The SMILES string of the molecule is COc1cc(N)ccc1SCc1ncnn1C(C)C. The monoisotopic (exact) mass is 278 g/mol. The largest absolute Gasteiger partial charge is 0.496 e. The molecule has 1 heterocycles. The van der Waals surface area contributed by atoms with Gasteiger partial charge in [0.15, 0.2) is 0 Å². The van der Waals surface area contributed by atoms with Crippen molar-refractivity contribution in [2.24, 2.45) is 0 Å². The van der Waals surface area contributed by atoms with E-state index in [1.165, 1.54) is 0 Å². The second-order valence-corrected chi connectivity index (χ2v) is 5.43. The van der Waals surface area contributed by atoms with Crippen molar-refractivity contribution >= 4 is 17.4 Å². The molecule has 0 aliphatic heterocycles. The first-order valence-corrected chi connectivity index (χ1v) is 7.05. The van der Waals surface area contributed by atoms with Gasteiger partial charge in [-0.2, -0.15) is 5.10 Å². The van der Waals surface area contributed by atoms with Gasteiger partial charge in [0.2, 0.25) is 0 Å². The Hall–Kier alpha value is -1.69. The lowest BCUT2D eigenvalue weighted by Crippen LogP contribution is -2.07. The van der Waals surface area contributed by atoms with E-state index in [1.54, 1.807) is 25.2 Å². The smallest absolute Gasteiger partial charge is 0.138 e. The van der Waals surface area contributed by atoms with E-state index in [0.29, 0.717) is 11.7 Å². The molecule has 5 nitrogen and oxygen atoms in total. The average molecular weight is 278 g/mol. The molecule has 0 radical (unpaired) electrons. The lowest BCUT2D eigenvalue weighted by atomic mass is 10.3. The molecule has 0 spiro atoms. The molecule has 2 N–H and O–H groups in total. The van der Waals surface area contributed by atoms with Crippen LogP contribution < -0.4 is 10.5 Å². The topological polar surface area (TPSA) is 66.0 Å². The molecular weight excluding hydrogens is 260 g/mol. The zero-order chi connectivity index (χ0) is 13.8. The highest BCUT2D eigenvalue weighted by molar-refractivity contribution is 7.98. The molecule has 0 fully saturated rings. The number of methoxy groups -OCH3 is 1. The van der Waals surface area contributed by atoms with Gasteiger partial charge in [-0.1, -0.05) is 0 Å². The van der Waals surface area contributed by atoms with Crippen LogP contribution in [0, 0.1) is 0 Å². The fourth-order valence-corrected chi connectivity index (χ4v) is 2.69. The van der Waals surface area contributed by atoms with Gasteiger partial charge >= 0.3 is 0 Å². The van der Waals surface area contributed by atoms with Gasteiger partial charge in [0.1, 0.15) is 17.9 Å². The van der Waals surface area contributed by atoms with Crippen LogP contribution in [0.25, 0.3) is 0 Å². The number of ether oxygens (including phenoxy) is 1. The summed E-state index contributed by atoms with van der Waals surface area (Å²) in [6.07, 6.45) is 1.59. The van der Waals surface area contributed by atoms with Crippen LogP contribution >= 0.6 is 11.8 Å². The number of hydrogen-bond donors (Lipinski definition) is 1. The summed E-state index contributed by atoms with van der Waals surface area (Å²) in [6, 6.07) is 5.98. The van der Waals surface area contributed by atoms with Crippen molar-refractivity contribution < 1.29 is 4.74 Å². The lowest BCUT2D eigenvalue weighted by molar-refractivity contribution is 0.405. The molecule has 2 rings (SSSR count). The Morgan fingerprint density at radius 3 is 2.89 bits per heavy atom. The minimum atomic E-state index is 0.311. The summed E-state index contributed by atoms with van der Waals surface area (Å²) in [7, 11) is 1.65. The van der Waals surface area contributed by atoms with E-state index >= 15 is 0 Å². The molecule has 0 saturated heterocycles. The van der Waals surface area contributed by atoms with Gasteiger partial charge in [0.05, 0.1) is 12.9 Å². The summed E-state index contributed by atoms with van der Waals surface area (Å²) in [4.78, 5) is 5.34. The Bertz CT molecular complexity index is 553. The highest BCUT2D eigenvalue weighted by Gasteiger charge is 2.10. The molecule has 6 heteroatoms. The first kappa shape index (κ1) is 13.7. The Morgan fingerprint density at radius 1 is 1.42 bits per heavy atom. The highest BCUT2D eigenvalue weighted by Crippen LogP contribution is 2.32. The summed E-state index contributed by atoms with van der Waals surface area (Å²) in [6.45, 7) is 4.18. The van der Waals surface area contributed by atoms with E-state index in [-0.39, 0.29) is 0 Å². The third-order valence-electron chi connectivity index (χ3n) is 2.68. The number of nitrogens with zero attached hydrogens (tertiary/aromatic N) is 3. The Kier molecular flexibility index (Phi) is 4.31. The summed E-state index contributed by atoms with van der Waals surface area (Å²) < 4.78 is 7.26. The molecule has 0 saturated carbocycles. The molecule has 0 aliphatic rings. The Morgan fingerprint density at radius 2 is 2.21 bits per heavy atom. The number of aromatic nitrogens is 3. The van der Waals surface area contributed by atoms with Crippen LogP contribution in [0.3, 0.4) is 0 Å². The van der Waals surface area contributed by atoms with Gasteiger partial charge in [0, 0.05) is 22.7 Å². The summed E-state index contributed by atoms with van der Waals surface area (Å²) in [5.74, 6) is 2.50. The summed E-state index contributed by atoms with van der Waals surface area (Å²) in [5.41, 5.74) is 6.44. The lowest BCUT2D eigenvalue weighted by Gasteiger charge is -2.11. The van der Waals surface area contributed by atoms with E-state index in [0.717, 1.165) is 22.2 Å². The van der Waals surface area contributed by atoms with Gasteiger partial charge in [0.25, 0.3) is 0 Å². The molecular formula is C13H18N4OS. The maximum atomic E-state index is 5.74. The van der Waals surface area contributed by atoms with Crippen LogP contribution in [-0.2, 0) is 5.75 Å². The van der Waals surface area contributed by atoms with E-state index in [9.17, 15) is 0 Å². The molecule has 1 aromatic carbocycles. The van der Waals surface area contributed by atoms with Crippen LogP contribution in [0.2, 0.25) is 0 Å². The van der Waals surface area contributed by atoms with Crippen LogP contribution in [-0.4, -0.2) is 21.9 Å². The predicted molar refractivity (Wildman–Crippen MR) is 77.4 cm³/mol. The fraction of sp³-hybridized carbons (Fsp3) is 0.385. The second-order valence-electron chi connectivity index (χ2n) is 4.41. The molecule has 19 heavy (non-hydrogen) atoms. The number of nitrogen functional groups attached to an aromatic ring is 1. The van der Waals surface area contributed by atoms with Gasteiger partial charge < -0.3 is 10.5 Å². The molecule has 0 aliphatic carbocycles. The number of anilines is 1. The molecule has 0 amide bonds. The minimum absolute atomic E-state index is 0.311. The molecule has 1 aromatic heterocycles. The highest BCUT2D eigenvalue weighted by atomic mass is 32.2. The van der Waals surface area contributed by atoms with E-state index < -0.39 is 0 Å². The quantitative estimate of drug-likeness (QED) is 0.673. The zero-order valence-corrected chi connectivity index (χ0v) is 12.1. The van der Waals surface area contributed by atoms with Crippen molar-refractivity contribution in [3.05, 3.63) is 30.4 Å². The van der Waals surface area contributed by atoms with Crippen molar-refractivity contribution in [2.45, 2.75) is 30.5 Å². The van der Waals surface area contributed by atoms with Crippen molar-refractivity contribution in [3.63, 3.8) is 0 Å². The third kappa shape index (κ3) is 3.20. The molecule has 0 atom stereocenters. The van der Waals surface area contributed by atoms with Crippen molar-refractivity contribution in [1.82, 2.24) is 14.8 Å². The molecule has 2 aromatic rings. The normalized spacial score (nSPS) is 10.9. The fourth-order valence-electron chi connectivity index (χ4n) is 1.75. The van der Waals surface area contributed by atoms with Gasteiger partial charge in [-0.15, -0.1) is 11.8 Å². The second kappa shape index (κ2) is 5.97. The zero-order valence-electron chi connectivity index (χ0n) is 11.3. The summed E-state index contributed by atoms with van der Waals surface area (Å²) >= 11 is 1.67. The van der Waals surface area contributed by atoms with Gasteiger partial charge in [-0.3, -0.25) is 0 Å². The van der Waals surface area contributed by atoms with Crippen LogP contribution in [0.15, 0.2) is 29.4 Å². The van der Waals surface area contributed by atoms with Crippen molar-refractivity contribution in [1.29, 1.82) is 0 Å². The Labute approximate surface area is 117 Å². The predicted octanol–water partition coefficient (Wildman–Crippen LogP) is 2.74. The number of hydrogen-bond acceptors (Lipinski definition) is 5. The van der Waals surface area contributed by atoms with Crippen LogP contribution in [0.5, 0.6) is 5.75 Å². The van der Waals surface area contributed by atoms with E-state index in [1.807, 2.05) is 22.9 Å².